The molecule has 2 aromatic rings. The second-order valence-electron chi connectivity index (χ2n) is 9.39. The Bertz CT molecular complexity index is 1290. The molecule has 39 heavy (non-hydrogen) atoms. The van der Waals surface area contributed by atoms with Crippen molar-refractivity contribution in [3.05, 3.63) is 69.8 Å². The summed E-state index contributed by atoms with van der Waals surface area (Å²) in [5, 5.41) is 5.74. The van der Waals surface area contributed by atoms with E-state index in [1.54, 1.807) is 0 Å². The molecule has 1 unspecified atom stereocenters. The van der Waals surface area contributed by atoms with Gasteiger partial charge in [-0.05, 0) is 48.4 Å². The Hall–Kier alpha value is -3.39. The maximum atomic E-state index is 14.2. The largest absolute Gasteiger partial charge is 0.435 e. The zero-order valence-corrected chi connectivity index (χ0v) is 19.6. The van der Waals surface area contributed by atoms with E-state index < -0.39 is 83.7 Å². The fourth-order valence-corrected chi connectivity index (χ4v) is 4.37. The van der Waals surface area contributed by atoms with E-state index in [-0.39, 0.29) is 34.9 Å². The van der Waals surface area contributed by atoms with Crippen LogP contribution in [-0.2, 0) is 22.8 Å². The van der Waals surface area contributed by atoms with E-state index in [1.165, 1.54) is 19.1 Å². The summed E-state index contributed by atoms with van der Waals surface area (Å²) in [6.07, 6.45) is -18.6. The van der Waals surface area contributed by atoms with Gasteiger partial charge in [0.05, 0.1) is 16.8 Å². The number of oxime groups is 1. The molecule has 4 nitrogen and oxygen atoms in total. The first kappa shape index (κ1) is 28.6. The number of rotatable bonds is 4. The summed E-state index contributed by atoms with van der Waals surface area (Å²) in [6, 6.07) is 2.35. The average molecular weight is 574 g/mol. The summed E-state index contributed by atoms with van der Waals surface area (Å²) >= 11 is 0. The van der Waals surface area contributed by atoms with Gasteiger partial charge in [0, 0.05) is 36.4 Å². The normalized spacial score (nSPS) is 21.7. The van der Waals surface area contributed by atoms with Crippen molar-refractivity contribution in [1.82, 2.24) is 5.32 Å². The molecule has 4 rings (SSSR count). The number of amides is 1. The van der Waals surface area contributed by atoms with Gasteiger partial charge in [-0.25, -0.2) is 8.78 Å². The quantitative estimate of drug-likeness (QED) is 0.395. The Morgan fingerprint density at radius 2 is 1.49 bits per heavy atom. The number of nitrogens with zero attached hydrogens (tertiary/aromatic N) is 1. The van der Waals surface area contributed by atoms with Crippen LogP contribution in [0, 0.1) is 6.92 Å². The number of hydrogen-bond acceptors (Lipinski definition) is 3. The number of nitrogens with one attached hydrogen (secondary N) is 1. The van der Waals surface area contributed by atoms with Gasteiger partial charge in [-0.2, -0.15) is 39.5 Å². The van der Waals surface area contributed by atoms with Gasteiger partial charge >= 0.3 is 18.5 Å². The topological polar surface area (TPSA) is 50.7 Å². The van der Waals surface area contributed by atoms with Crippen molar-refractivity contribution < 1.29 is 57.9 Å². The maximum absolute atomic E-state index is 14.2. The highest BCUT2D eigenvalue weighted by Gasteiger charge is 2.63. The fourth-order valence-electron chi connectivity index (χ4n) is 4.37. The lowest BCUT2D eigenvalue weighted by atomic mass is 9.84. The van der Waals surface area contributed by atoms with Crippen molar-refractivity contribution in [2.24, 2.45) is 5.16 Å². The first-order valence-corrected chi connectivity index (χ1v) is 11.1. The number of carbonyl (C=O) groups excluding carboxylic acids is 1. The smallest absolute Gasteiger partial charge is 0.374 e. The number of aryl methyl sites for hydroxylation is 1. The van der Waals surface area contributed by atoms with Gasteiger partial charge in [-0.3, -0.25) is 4.79 Å². The molecule has 0 saturated heterocycles. The van der Waals surface area contributed by atoms with Gasteiger partial charge < -0.3 is 10.2 Å². The Labute approximate surface area is 212 Å². The van der Waals surface area contributed by atoms with E-state index in [1.807, 2.05) is 0 Å². The van der Waals surface area contributed by atoms with Crippen LogP contribution in [0.25, 0.3) is 0 Å². The van der Waals surface area contributed by atoms with E-state index in [4.69, 9.17) is 0 Å². The third-order valence-corrected chi connectivity index (χ3v) is 6.47. The molecule has 1 amide bonds. The van der Waals surface area contributed by atoms with Crippen molar-refractivity contribution in [1.29, 1.82) is 0 Å². The minimum Gasteiger partial charge on any atom is -0.374 e. The predicted molar refractivity (Wildman–Crippen MR) is 113 cm³/mol. The van der Waals surface area contributed by atoms with E-state index in [0.29, 0.717) is 0 Å². The third kappa shape index (κ3) is 5.53. The summed E-state index contributed by atoms with van der Waals surface area (Å²) in [7, 11) is 0. The SMILES string of the molecule is Cc1cc(C2=NOC(c3cc(C(F)(F)F)cc(C(F)(F)F)c3)(C(F)(F)F)C2)ccc1C(=O)NC1CC(F)(F)C1. The van der Waals surface area contributed by atoms with Gasteiger partial charge in [0.15, 0.2) is 0 Å². The predicted octanol–water partition coefficient (Wildman–Crippen LogP) is 7.14. The Kier molecular flexibility index (Phi) is 6.66. The molecule has 1 heterocycles. The number of halogens is 11. The van der Waals surface area contributed by atoms with E-state index in [0.717, 1.165) is 6.07 Å². The van der Waals surface area contributed by atoms with E-state index in [9.17, 15) is 53.1 Å². The molecule has 0 aromatic heterocycles. The molecule has 2 aromatic carbocycles. The molecule has 1 N–H and O–H groups in total. The monoisotopic (exact) mass is 574 g/mol. The molecule has 1 aliphatic carbocycles. The van der Waals surface area contributed by atoms with E-state index in [2.05, 4.69) is 15.3 Å². The van der Waals surface area contributed by atoms with Crippen LogP contribution in [0.3, 0.4) is 0 Å². The molecule has 0 radical (unpaired) electrons. The van der Waals surface area contributed by atoms with Crippen LogP contribution in [0.4, 0.5) is 48.3 Å². The molecular weight excluding hydrogens is 557 g/mol. The highest BCUT2D eigenvalue weighted by atomic mass is 19.4. The summed E-state index contributed by atoms with van der Waals surface area (Å²) in [4.78, 5) is 17.0. The molecule has 1 aliphatic heterocycles. The maximum Gasteiger partial charge on any atom is 0.435 e. The van der Waals surface area contributed by atoms with Crippen molar-refractivity contribution >= 4 is 11.6 Å². The Morgan fingerprint density at radius 3 is 1.95 bits per heavy atom. The number of hydrogen-bond donors (Lipinski definition) is 1. The molecule has 0 bridgehead atoms. The lowest BCUT2D eigenvalue weighted by molar-refractivity contribution is -0.276. The number of alkyl halides is 11. The van der Waals surface area contributed by atoms with Crippen LogP contribution in [0.15, 0.2) is 41.6 Å². The van der Waals surface area contributed by atoms with Gasteiger partial charge in [-0.15, -0.1) is 0 Å². The van der Waals surface area contributed by atoms with Crippen molar-refractivity contribution in [2.75, 3.05) is 0 Å². The fraction of sp³-hybridized carbons (Fsp3) is 0.417. The highest BCUT2D eigenvalue weighted by Crippen LogP contribution is 2.51. The molecule has 1 atom stereocenters. The Morgan fingerprint density at radius 1 is 0.923 bits per heavy atom. The van der Waals surface area contributed by atoms with Crippen LogP contribution >= 0.6 is 0 Å². The summed E-state index contributed by atoms with van der Waals surface area (Å²) in [5.41, 5.74) is -9.30. The van der Waals surface area contributed by atoms with Crippen LogP contribution in [0.1, 0.15) is 57.4 Å². The first-order valence-electron chi connectivity index (χ1n) is 11.1. The second kappa shape index (κ2) is 9.08. The van der Waals surface area contributed by atoms with Gasteiger partial charge in [-0.1, -0.05) is 11.2 Å². The van der Waals surface area contributed by atoms with Gasteiger partial charge in [0.2, 0.25) is 0 Å². The van der Waals surface area contributed by atoms with Crippen molar-refractivity contribution in [3.63, 3.8) is 0 Å². The number of benzene rings is 2. The molecule has 212 valence electrons. The Balaban J connectivity index is 1.65. The van der Waals surface area contributed by atoms with Crippen molar-refractivity contribution in [2.45, 2.75) is 62.3 Å². The molecule has 1 saturated carbocycles. The lowest BCUT2D eigenvalue weighted by Crippen LogP contribution is -2.50. The number of carbonyl (C=O) groups is 1. The van der Waals surface area contributed by atoms with Gasteiger partial charge in [0.1, 0.15) is 0 Å². The highest BCUT2D eigenvalue weighted by molar-refractivity contribution is 6.03. The lowest BCUT2D eigenvalue weighted by Gasteiger charge is -2.35. The third-order valence-electron chi connectivity index (χ3n) is 6.47. The summed E-state index contributed by atoms with van der Waals surface area (Å²) in [6.45, 7) is 1.39. The molecule has 0 spiro atoms. The molecule has 15 heteroatoms. The zero-order valence-electron chi connectivity index (χ0n) is 19.6. The standard InChI is InChI=1S/C24H17F11N2O2/c1-11-4-12(2-3-17(11)19(38)36-16-8-20(25,26)9-16)18-10-21(39-37-18,24(33,34)35)13-5-14(22(27,28)29)7-15(6-13)23(30,31)32/h2-7,16H,8-10H2,1H3,(H,36,38). The molecule has 1 fully saturated rings. The summed E-state index contributed by atoms with van der Waals surface area (Å²) in [5.74, 6) is -3.60. The minimum atomic E-state index is -5.49. The van der Waals surface area contributed by atoms with Crippen LogP contribution in [0.5, 0.6) is 0 Å². The molecular formula is C24H17F11N2O2. The van der Waals surface area contributed by atoms with E-state index >= 15 is 0 Å². The second-order valence-corrected chi connectivity index (χ2v) is 9.39. The van der Waals surface area contributed by atoms with Crippen LogP contribution < -0.4 is 5.32 Å². The molecule has 2 aliphatic rings. The first-order chi connectivity index (χ1) is 17.7. The van der Waals surface area contributed by atoms with Crippen LogP contribution in [0.2, 0.25) is 0 Å². The zero-order chi connectivity index (χ0) is 29.2. The minimum absolute atomic E-state index is 0.0169. The van der Waals surface area contributed by atoms with Crippen LogP contribution in [-0.4, -0.2) is 29.8 Å². The van der Waals surface area contributed by atoms with Gasteiger partial charge in [0.25, 0.3) is 17.4 Å². The van der Waals surface area contributed by atoms with Crippen molar-refractivity contribution in [3.8, 4) is 0 Å². The average Bonchev–Trinajstić information content (AvgIpc) is 3.23. The summed E-state index contributed by atoms with van der Waals surface area (Å²) < 4.78 is 148.